The molecule has 1 amide bonds. The van der Waals surface area contributed by atoms with Crippen molar-refractivity contribution in [3.05, 3.63) is 11.1 Å². The predicted molar refractivity (Wildman–Crippen MR) is 62.9 cm³/mol. The molecule has 0 spiro atoms. The van der Waals surface area contributed by atoms with Gasteiger partial charge in [-0.1, -0.05) is 29.4 Å². The highest BCUT2D eigenvalue weighted by molar-refractivity contribution is 9.11. The second kappa shape index (κ2) is 6.25. The van der Waals surface area contributed by atoms with Crippen molar-refractivity contribution < 1.29 is 9.53 Å². The molecule has 0 radical (unpaired) electrons. The summed E-state index contributed by atoms with van der Waals surface area (Å²) in [6.07, 6.45) is 0. The molecule has 2 atom stereocenters. The molecule has 1 fully saturated rings. The second-order valence-electron chi connectivity index (χ2n) is 3.54. The summed E-state index contributed by atoms with van der Waals surface area (Å²) in [6, 6.07) is 0.138. The van der Waals surface area contributed by atoms with E-state index in [1.165, 1.54) is 0 Å². The van der Waals surface area contributed by atoms with E-state index in [0.29, 0.717) is 19.8 Å². The number of carbonyl (C=O) groups is 1. The van der Waals surface area contributed by atoms with E-state index in [0.717, 1.165) is 11.0 Å². The highest BCUT2D eigenvalue weighted by Gasteiger charge is 2.33. The molecule has 15 heavy (non-hydrogen) atoms. The number of ether oxygens (including phenoxy) is 1. The Kier molecular flexibility index (Phi) is 5.28. The standard InChI is InChI=1S/C10H17BrN2O2/c1-3-12-9-6-15-5-8(9)10(14)13-4-7(2)11/h8-9,12H,2-6H2,1H3,(H,13,14). The van der Waals surface area contributed by atoms with E-state index in [2.05, 4.69) is 33.1 Å². The van der Waals surface area contributed by atoms with E-state index in [4.69, 9.17) is 4.74 Å². The molecule has 0 saturated carbocycles. The van der Waals surface area contributed by atoms with Crippen LogP contribution in [0.15, 0.2) is 11.1 Å². The average Bonchev–Trinajstić information content (AvgIpc) is 2.63. The van der Waals surface area contributed by atoms with Crippen molar-refractivity contribution in [2.24, 2.45) is 5.92 Å². The highest BCUT2D eigenvalue weighted by atomic mass is 79.9. The van der Waals surface area contributed by atoms with Gasteiger partial charge < -0.3 is 15.4 Å². The fourth-order valence-corrected chi connectivity index (χ4v) is 1.73. The molecule has 2 N–H and O–H groups in total. The molecule has 5 heteroatoms. The lowest BCUT2D eigenvalue weighted by atomic mass is 10.0. The van der Waals surface area contributed by atoms with Crippen LogP contribution in [-0.4, -0.2) is 38.3 Å². The van der Waals surface area contributed by atoms with E-state index in [1.54, 1.807) is 0 Å². The number of hydrogen-bond donors (Lipinski definition) is 2. The molecule has 1 aliphatic rings. The largest absolute Gasteiger partial charge is 0.379 e. The van der Waals surface area contributed by atoms with Crippen LogP contribution in [-0.2, 0) is 9.53 Å². The quantitative estimate of drug-likeness (QED) is 0.775. The van der Waals surface area contributed by atoms with E-state index in [9.17, 15) is 4.79 Å². The Morgan fingerprint density at radius 1 is 1.60 bits per heavy atom. The number of nitrogens with one attached hydrogen (secondary N) is 2. The molecule has 2 unspecified atom stereocenters. The minimum Gasteiger partial charge on any atom is -0.379 e. The van der Waals surface area contributed by atoms with E-state index >= 15 is 0 Å². The first-order valence-electron chi connectivity index (χ1n) is 5.07. The predicted octanol–water partition coefficient (Wildman–Crippen LogP) is 0.636. The van der Waals surface area contributed by atoms with Crippen molar-refractivity contribution in [2.75, 3.05) is 26.3 Å². The van der Waals surface area contributed by atoms with Crippen LogP contribution in [0.3, 0.4) is 0 Å². The number of halogens is 1. The average molecular weight is 277 g/mol. The topological polar surface area (TPSA) is 50.4 Å². The first kappa shape index (κ1) is 12.7. The van der Waals surface area contributed by atoms with Crippen LogP contribution in [0.25, 0.3) is 0 Å². The maximum atomic E-state index is 11.7. The zero-order chi connectivity index (χ0) is 11.3. The fourth-order valence-electron chi connectivity index (χ4n) is 1.59. The zero-order valence-corrected chi connectivity index (χ0v) is 10.5. The molecule has 0 aromatic rings. The van der Waals surface area contributed by atoms with Crippen LogP contribution in [0.2, 0.25) is 0 Å². The summed E-state index contributed by atoms with van der Waals surface area (Å²) in [5.74, 6) is -0.0594. The van der Waals surface area contributed by atoms with Crippen molar-refractivity contribution in [3.8, 4) is 0 Å². The molecule has 1 rings (SSSR count). The Hall–Kier alpha value is -0.390. The van der Waals surface area contributed by atoms with Crippen molar-refractivity contribution in [2.45, 2.75) is 13.0 Å². The summed E-state index contributed by atoms with van der Waals surface area (Å²) >= 11 is 3.20. The first-order valence-corrected chi connectivity index (χ1v) is 5.86. The van der Waals surface area contributed by atoms with Gasteiger partial charge in [-0.05, 0) is 6.54 Å². The fraction of sp³-hybridized carbons (Fsp3) is 0.700. The Morgan fingerprint density at radius 3 is 2.93 bits per heavy atom. The van der Waals surface area contributed by atoms with Crippen molar-refractivity contribution in [1.29, 1.82) is 0 Å². The summed E-state index contributed by atoms with van der Waals surface area (Å²) in [5, 5.41) is 6.05. The Balaban J connectivity index is 2.40. The van der Waals surface area contributed by atoms with E-state index in [-0.39, 0.29) is 17.9 Å². The van der Waals surface area contributed by atoms with Gasteiger partial charge in [-0.3, -0.25) is 4.79 Å². The molecule has 0 aliphatic carbocycles. The monoisotopic (exact) mass is 276 g/mol. The van der Waals surface area contributed by atoms with Gasteiger partial charge in [-0.15, -0.1) is 0 Å². The van der Waals surface area contributed by atoms with Gasteiger partial charge in [-0.25, -0.2) is 0 Å². The Morgan fingerprint density at radius 2 is 2.33 bits per heavy atom. The minimum atomic E-state index is -0.0863. The third-order valence-corrected chi connectivity index (χ3v) is 2.62. The number of rotatable bonds is 5. The van der Waals surface area contributed by atoms with Crippen LogP contribution >= 0.6 is 15.9 Å². The van der Waals surface area contributed by atoms with Crippen LogP contribution in [0.4, 0.5) is 0 Å². The Labute approximate surface area is 98.6 Å². The molecular formula is C10H17BrN2O2. The van der Waals surface area contributed by atoms with Crippen LogP contribution in [0.5, 0.6) is 0 Å². The molecular weight excluding hydrogens is 260 g/mol. The van der Waals surface area contributed by atoms with Gasteiger partial charge in [0.05, 0.1) is 19.1 Å². The van der Waals surface area contributed by atoms with Crippen molar-refractivity contribution in [3.63, 3.8) is 0 Å². The molecule has 86 valence electrons. The minimum absolute atomic E-state index is 0.0269. The van der Waals surface area contributed by atoms with Crippen LogP contribution in [0.1, 0.15) is 6.92 Å². The number of amides is 1. The lowest BCUT2D eigenvalue weighted by Gasteiger charge is -2.17. The first-order chi connectivity index (χ1) is 7.15. The molecule has 4 nitrogen and oxygen atoms in total. The summed E-state index contributed by atoms with van der Waals surface area (Å²) in [5.41, 5.74) is 0. The van der Waals surface area contributed by atoms with Crippen LogP contribution < -0.4 is 10.6 Å². The van der Waals surface area contributed by atoms with E-state index < -0.39 is 0 Å². The van der Waals surface area contributed by atoms with Crippen LogP contribution in [0, 0.1) is 5.92 Å². The molecule has 1 saturated heterocycles. The van der Waals surface area contributed by atoms with Gasteiger partial charge in [0.2, 0.25) is 5.91 Å². The summed E-state index contributed by atoms with van der Waals surface area (Å²) < 4.78 is 6.07. The lowest BCUT2D eigenvalue weighted by molar-refractivity contribution is -0.125. The lowest BCUT2D eigenvalue weighted by Crippen LogP contribution is -2.44. The highest BCUT2D eigenvalue weighted by Crippen LogP contribution is 2.14. The van der Waals surface area contributed by atoms with Crippen molar-refractivity contribution in [1.82, 2.24) is 10.6 Å². The number of hydrogen-bond acceptors (Lipinski definition) is 3. The van der Waals surface area contributed by atoms with Gasteiger partial charge in [0.15, 0.2) is 0 Å². The maximum Gasteiger partial charge on any atom is 0.227 e. The molecule has 0 aromatic heterocycles. The summed E-state index contributed by atoms with van der Waals surface area (Å²) in [6.45, 7) is 8.11. The summed E-state index contributed by atoms with van der Waals surface area (Å²) in [7, 11) is 0. The van der Waals surface area contributed by atoms with Gasteiger partial charge in [0, 0.05) is 17.1 Å². The molecule has 0 bridgehead atoms. The van der Waals surface area contributed by atoms with Gasteiger partial charge in [-0.2, -0.15) is 0 Å². The number of carbonyl (C=O) groups excluding carboxylic acids is 1. The summed E-state index contributed by atoms with van der Waals surface area (Å²) in [4.78, 5) is 11.7. The van der Waals surface area contributed by atoms with Gasteiger partial charge in [0.25, 0.3) is 0 Å². The molecule has 1 aliphatic heterocycles. The third-order valence-electron chi connectivity index (χ3n) is 2.34. The molecule has 0 aromatic carbocycles. The maximum absolute atomic E-state index is 11.7. The van der Waals surface area contributed by atoms with Crippen molar-refractivity contribution >= 4 is 21.8 Å². The molecule has 1 heterocycles. The number of likely N-dealkylation sites (N-methyl/N-ethyl adjacent to an activating group) is 1. The van der Waals surface area contributed by atoms with Gasteiger partial charge in [0.1, 0.15) is 0 Å². The normalized spacial score (nSPS) is 25.2. The second-order valence-corrected chi connectivity index (χ2v) is 4.66. The zero-order valence-electron chi connectivity index (χ0n) is 8.88. The van der Waals surface area contributed by atoms with Gasteiger partial charge >= 0.3 is 0 Å². The third kappa shape index (κ3) is 3.93. The SMILES string of the molecule is C=C(Br)CNC(=O)C1COCC1NCC. The van der Waals surface area contributed by atoms with E-state index in [1.807, 2.05) is 6.92 Å². The smallest absolute Gasteiger partial charge is 0.227 e. The Bertz CT molecular complexity index is 246.